The maximum atomic E-state index is 4.71. The van der Waals surface area contributed by atoms with Crippen molar-refractivity contribution >= 4 is 39.2 Å². The minimum absolute atomic E-state index is 0.908. The van der Waals surface area contributed by atoms with E-state index >= 15 is 0 Å². The van der Waals surface area contributed by atoms with Crippen LogP contribution in [0.1, 0.15) is 24.5 Å². The summed E-state index contributed by atoms with van der Waals surface area (Å²) in [5.41, 5.74) is 4.37. The zero-order valence-electron chi connectivity index (χ0n) is 14.5. The first-order valence-corrected chi connectivity index (χ1v) is 9.82. The van der Waals surface area contributed by atoms with Crippen molar-refractivity contribution in [2.24, 2.45) is 0 Å². The van der Waals surface area contributed by atoms with E-state index < -0.39 is 0 Å². The van der Waals surface area contributed by atoms with Gasteiger partial charge in [0.05, 0.1) is 21.3 Å². The second kappa shape index (κ2) is 7.32. The lowest BCUT2D eigenvalue weighted by molar-refractivity contribution is 0.866. The molecule has 4 nitrogen and oxygen atoms in total. The van der Waals surface area contributed by atoms with Crippen LogP contribution < -0.4 is 10.2 Å². The van der Waals surface area contributed by atoms with E-state index in [1.165, 1.54) is 5.69 Å². The third-order valence-electron chi connectivity index (χ3n) is 3.89. The van der Waals surface area contributed by atoms with E-state index in [0.717, 1.165) is 45.2 Å². The molecule has 0 aliphatic rings. The SMILES string of the molecule is CCN(CC)c1ccc(Nc2nc(-c3sc(C)nc3C)cs2)cc1. The van der Waals surface area contributed by atoms with E-state index in [1.807, 2.05) is 13.8 Å². The number of anilines is 3. The largest absolute Gasteiger partial charge is 0.372 e. The van der Waals surface area contributed by atoms with Gasteiger partial charge in [-0.3, -0.25) is 0 Å². The topological polar surface area (TPSA) is 41.0 Å². The Morgan fingerprint density at radius 3 is 2.33 bits per heavy atom. The summed E-state index contributed by atoms with van der Waals surface area (Å²) in [6.45, 7) is 10.5. The number of rotatable bonds is 6. The molecule has 0 spiro atoms. The monoisotopic (exact) mass is 358 g/mol. The highest BCUT2D eigenvalue weighted by Crippen LogP contribution is 2.33. The van der Waals surface area contributed by atoms with Gasteiger partial charge in [0.2, 0.25) is 0 Å². The van der Waals surface area contributed by atoms with Gasteiger partial charge >= 0.3 is 0 Å². The Hall–Kier alpha value is -1.92. The molecule has 0 aliphatic heterocycles. The molecule has 2 aromatic heterocycles. The molecule has 1 N–H and O–H groups in total. The van der Waals surface area contributed by atoms with Gasteiger partial charge in [0.25, 0.3) is 0 Å². The van der Waals surface area contributed by atoms with Crippen LogP contribution >= 0.6 is 22.7 Å². The molecule has 3 aromatic rings. The number of thiazole rings is 2. The summed E-state index contributed by atoms with van der Waals surface area (Å²) < 4.78 is 0. The first-order chi connectivity index (χ1) is 11.6. The minimum Gasteiger partial charge on any atom is -0.372 e. The molecule has 0 aliphatic carbocycles. The van der Waals surface area contributed by atoms with Gasteiger partial charge in [0.1, 0.15) is 0 Å². The van der Waals surface area contributed by atoms with Gasteiger partial charge < -0.3 is 10.2 Å². The number of aromatic nitrogens is 2. The maximum absolute atomic E-state index is 4.71. The Labute approximate surface area is 151 Å². The number of benzene rings is 1. The number of aryl methyl sites for hydroxylation is 2. The molecule has 3 rings (SSSR count). The van der Waals surface area contributed by atoms with Crippen LogP contribution in [0.2, 0.25) is 0 Å². The van der Waals surface area contributed by atoms with Gasteiger partial charge in [-0.15, -0.1) is 22.7 Å². The van der Waals surface area contributed by atoms with E-state index in [0.29, 0.717) is 0 Å². The smallest absolute Gasteiger partial charge is 0.187 e. The molecular weight excluding hydrogens is 336 g/mol. The van der Waals surface area contributed by atoms with Gasteiger partial charge in [-0.25, -0.2) is 9.97 Å². The normalized spacial score (nSPS) is 10.8. The van der Waals surface area contributed by atoms with Crippen LogP contribution in [0.5, 0.6) is 0 Å². The standard InChI is InChI=1S/C18H22N4S2/c1-5-22(6-2)15-9-7-14(8-10-15)20-18-21-16(11-23-18)17-12(3)19-13(4)24-17/h7-11H,5-6H2,1-4H3,(H,20,21). The van der Waals surface area contributed by atoms with Crippen LogP contribution in [0, 0.1) is 13.8 Å². The van der Waals surface area contributed by atoms with Gasteiger partial charge in [0.15, 0.2) is 5.13 Å². The third-order valence-corrected chi connectivity index (χ3v) is 5.74. The fourth-order valence-electron chi connectivity index (χ4n) is 2.67. The van der Waals surface area contributed by atoms with Crippen molar-refractivity contribution in [2.45, 2.75) is 27.7 Å². The van der Waals surface area contributed by atoms with Crippen molar-refractivity contribution in [1.29, 1.82) is 0 Å². The van der Waals surface area contributed by atoms with Crippen LogP contribution in [0.25, 0.3) is 10.6 Å². The lowest BCUT2D eigenvalue weighted by atomic mass is 10.2. The molecule has 0 bridgehead atoms. The molecule has 0 saturated carbocycles. The molecule has 1 aromatic carbocycles. The molecule has 6 heteroatoms. The molecule has 24 heavy (non-hydrogen) atoms. The van der Waals surface area contributed by atoms with Crippen LogP contribution in [0.15, 0.2) is 29.6 Å². The van der Waals surface area contributed by atoms with Gasteiger partial charge in [-0.1, -0.05) is 0 Å². The number of hydrogen-bond acceptors (Lipinski definition) is 6. The Morgan fingerprint density at radius 1 is 1.04 bits per heavy atom. The zero-order valence-corrected chi connectivity index (χ0v) is 16.1. The second-order valence-electron chi connectivity index (χ2n) is 5.53. The van der Waals surface area contributed by atoms with Crippen molar-refractivity contribution in [3.05, 3.63) is 40.3 Å². The van der Waals surface area contributed by atoms with Crippen LogP contribution in [-0.2, 0) is 0 Å². The summed E-state index contributed by atoms with van der Waals surface area (Å²) in [4.78, 5) is 12.7. The summed E-state index contributed by atoms with van der Waals surface area (Å²) in [7, 11) is 0. The Balaban J connectivity index is 1.74. The lowest BCUT2D eigenvalue weighted by Crippen LogP contribution is -2.21. The predicted octanol–water partition coefficient (Wildman–Crippen LogP) is 5.47. The van der Waals surface area contributed by atoms with Crippen molar-refractivity contribution in [2.75, 3.05) is 23.3 Å². The number of nitrogens with one attached hydrogen (secondary N) is 1. The van der Waals surface area contributed by atoms with Gasteiger partial charge in [-0.2, -0.15) is 0 Å². The van der Waals surface area contributed by atoms with E-state index in [9.17, 15) is 0 Å². The summed E-state index contributed by atoms with van der Waals surface area (Å²) >= 11 is 3.32. The van der Waals surface area contributed by atoms with Crippen LogP contribution in [0.4, 0.5) is 16.5 Å². The summed E-state index contributed by atoms with van der Waals surface area (Å²) in [6, 6.07) is 8.52. The van der Waals surface area contributed by atoms with E-state index in [2.05, 4.69) is 58.7 Å². The van der Waals surface area contributed by atoms with Crippen molar-refractivity contribution in [3.8, 4) is 10.6 Å². The molecule has 0 amide bonds. The average Bonchev–Trinajstić information content (AvgIpc) is 3.16. The molecule has 0 unspecified atom stereocenters. The van der Waals surface area contributed by atoms with Crippen LogP contribution in [0.3, 0.4) is 0 Å². The maximum Gasteiger partial charge on any atom is 0.187 e. The molecule has 2 heterocycles. The predicted molar refractivity (Wildman–Crippen MR) is 106 cm³/mol. The van der Waals surface area contributed by atoms with Crippen molar-refractivity contribution in [3.63, 3.8) is 0 Å². The third kappa shape index (κ3) is 3.60. The molecule has 0 saturated heterocycles. The quantitative estimate of drug-likeness (QED) is 0.634. The van der Waals surface area contributed by atoms with Gasteiger partial charge in [0, 0.05) is 29.8 Å². The van der Waals surface area contributed by atoms with Crippen LogP contribution in [-0.4, -0.2) is 23.1 Å². The highest BCUT2D eigenvalue weighted by molar-refractivity contribution is 7.16. The Kier molecular flexibility index (Phi) is 5.16. The molecule has 0 atom stereocenters. The summed E-state index contributed by atoms with van der Waals surface area (Å²) in [6.07, 6.45) is 0. The Bertz CT molecular complexity index is 801. The van der Waals surface area contributed by atoms with E-state index in [-0.39, 0.29) is 0 Å². The summed E-state index contributed by atoms with van der Waals surface area (Å²) in [5.74, 6) is 0. The average molecular weight is 359 g/mol. The highest BCUT2D eigenvalue weighted by Gasteiger charge is 2.11. The Morgan fingerprint density at radius 2 is 1.75 bits per heavy atom. The fourth-order valence-corrected chi connectivity index (χ4v) is 4.35. The van der Waals surface area contributed by atoms with Gasteiger partial charge in [-0.05, 0) is 52.0 Å². The number of hydrogen-bond donors (Lipinski definition) is 1. The van der Waals surface area contributed by atoms with E-state index in [1.54, 1.807) is 22.7 Å². The molecule has 126 valence electrons. The molecular formula is C18H22N4S2. The fraction of sp³-hybridized carbons (Fsp3) is 0.333. The first kappa shape index (κ1) is 16.9. The first-order valence-electron chi connectivity index (χ1n) is 8.12. The van der Waals surface area contributed by atoms with Crippen molar-refractivity contribution in [1.82, 2.24) is 9.97 Å². The highest BCUT2D eigenvalue weighted by atomic mass is 32.1. The molecule has 0 radical (unpaired) electrons. The summed E-state index contributed by atoms with van der Waals surface area (Å²) in [5, 5.41) is 7.47. The number of nitrogens with zero attached hydrogens (tertiary/aromatic N) is 3. The lowest BCUT2D eigenvalue weighted by Gasteiger charge is -2.21. The minimum atomic E-state index is 0.908. The van der Waals surface area contributed by atoms with Crippen molar-refractivity contribution < 1.29 is 0 Å². The zero-order chi connectivity index (χ0) is 17.1. The second-order valence-corrected chi connectivity index (χ2v) is 7.59. The molecule has 0 fully saturated rings. The van der Waals surface area contributed by atoms with E-state index in [4.69, 9.17) is 4.98 Å².